The van der Waals surface area contributed by atoms with Gasteiger partial charge in [-0.05, 0) is 31.0 Å². The zero-order valence-electron chi connectivity index (χ0n) is 8.41. The van der Waals surface area contributed by atoms with Crippen molar-refractivity contribution in [1.29, 1.82) is 0 Å². The van der Waals surface area contributed by atoms with Crippen LogP contribution in [0.15, 0.2) is 27.4 Å². The van der Waals surface area contributed by atoms with Gasteiger partial charge >= 0.3 is 5.76 Å². The second-order valence-corrected chi connectivity index (χ2v) is 4.13. The summed E-state index contributed by atoms with van der Waals surface area (Å²) < 4.78 is 4.94. The van der Waals surface area contributed by atoms with E-state index in [2.05, 4.69) is 17.2 Å². The fourth-order valence-electron chi connectivity index (χ4n) is 2.09. The first kappa shape index (κ1) is 8.73. The van der Waals surface area contributed by atoms with E-state index < -0.39 is 5.76 Å². The Kier molecular flexibility index (Phi) is 1.73. The van der Waals surface area contributed by atoms with E-state index in [4.69, 9.17) is 4.42 Å². The Hall–Kier alpha value is -1.55. The van der Waals surface area contributed by atoms with Crippen molar-refractivity contribution in [1.82, 2.24) is 10.3 Å². The minimum atomic E-state index is -0.392. The molecule has 1 aromatic heterocycles. The van der Waals surface area contributed by atoms with E-state index in [-0.39, 0.29) is 0 Å². The summed E-state index contributed by atoms with van der Waals surface area (Å²) >= 11 is 0. The summed E-state index contributed by atoms with van der Waals surface area (Å²) in [6.45, 7) is 2.16. The molecule has 3 rings (SSSR count). The van der Waals surface area contributed by atoms with Gasteiger partial charge in [-0.1, -0.05) is 6.07 Å². The highest BCUT2D eigenvalue weighted by molar-refractivity contribution is 5.73. The molecule has 2 atom stereocenters. The van der Waals surface area contributed by atoms with Gasteiger partial charge in [0.2, 0.25) is 0 Å². The van der Waals surface area contributed by atoms with Crippen LogP contribution >= 0.6 is 0 Å². The first-order valence-electron chi connectivity index (χ1n) is 5.11. The maximum atomic E-state index is 11.0. The van der Waals surface area contributed by atoms with Crippen LogP contribution in [-0.2, 0) is 0 Å². The van der Waals surface area contributed by atoms with E-state index in [1.54, 1.807) is 0 Å². The molecular formula is C11H12N2O2. The van der Waals surface area contributed by atoms with Crippen LogP contribution in [0.2, 0.25) is 0 Å². The van der Waals surface area contributed by atoms with Gasteiger partial charge in [-0.25, -0.2) is 4.79 Å². The SMILES string of the molecule is CC1CC(c2ccc3oc(=O)[nH]c3c2)N1. The molecule has 1 saturated heterocycles. The first-order chi connectivity index (χ1) is 7.22. The number of nitrogens with one attached hydrogen (secondary N) is 2. The molecule has 1 aliphatic rings. The highest BCUT2D eigenvalue weighted by Crippen LogP contribution is 2.28. The average Bonchev–Trinajstić information content (AvgIpc) is 2.52. The molecule has 15 heavy (non-hydrogen) atoms. The smallest absolute Gasteiger partial charge is 0.408 e. The van der Waals surface area contributed by atoms with Gasteiger partial charge in [0.25, 0.3) is 0 Å². The van der Waals surface area contributed by atoms with Crippen LogP contribution in [0.5, 0.6) is 0 Å². The maximum Gasteiger partial charge on any atom is 0.417 e. The lowest BCUT2D eigenvalue weighted by Gasteiger charge is -2.35. The molecule has 1 fully saturated rings. The summed E-state index contributed by atoms with van der Waals surface area (Å²) in [5.74, 6) is -0.392. The van der Waals surface area contributed by atoms with E-state index >= 15 is 0 Å². The lowest BCUT2D eigenvalue weighted by molar-refractivity contribution is 0.288. The third-order valence-corrected chi connectivity index (χ3v) is 2.92. The second-order valence-electron chi connectivity index (χ2n) is 4.13. The molecule has 0 bridgehead atoms. The molecule has 4 nitrogen and oxygen atoms in total. The lowest BCUT2D eigenvalue weighted by atomic mass is 9.92. The van der Waals surface area contributed by atoms with Gasteiger partial charge < -0.3 is 9.73 Å². The van der Waals surface area contributed by atoms with E-state index in [9.17, 15) is 4.79 Å². The summed E-state index contributed by atoms with van der Waals surface area (Å²) in [6.07, 6.45) is 1.15. The molecule has 0 spiro atoms. The van der Waals surface area contributed by atoms with E-state index in [1.165, 1.54) is 5.56 Å². The van der Waals surface area contributed by atoms with Crippen molar-refractivity contribution >= 4 is 11.1 Å². The Morgan fingerprint density at radius 3 is 3.00 bits per heavy atom. The van der Waals surface area contributed by atoms with Gasteiger partial charge in [0.1, 0.15) is 0 Å². The second kappa shape index (κ2) is 2.97. The summed E-state index contributed by atoms with van der Waals surface area (Å²) in [4.78, 5) is 13.6. The topological polar surface area (TPSA) is 58.0 Å². The maximum absolute atomic E-state index is 11.0. The van der Waals surface area contributed by atoms with Gasteiger partial charge in [-0.3, -0.25) is 4.98 Å². The Bertz CT molecular complexity index is 549. The minimum absolute atomic E-state index is 0.392. The lowest BCUT2D eigenvalue weighted by Crippen LogP contribution is -2.43. The van der Waals surface area contributed by atoms with Crippen molar-refractivity contribution in [3.05, 3.63) is 34.3 Å². The standard InChI is InChI=1S/C11H12N2O2/c1-6-4-8(12-6)7-2-3-10-9(5-7)13-11(14)15-10/h2-3,5-6,8,12H,4H2,1H3,(H,13,14). The number of oxazole rings is 1. The number of fused-ring (bicyclic) bond motifs is 1. The zero-order chi connectivity index (χ0) is 10.4. The van der Waals surface area contributed by atoms with E-state index in [0.29, 0.717) is 17.7 Å². The number of H-pyrrole nitrogens is 1. The van der Waals surface area contributed by atoms with Crippen molar-refractivity contribution in [2.24, 2.45) is 0 Å². The third kappa shape index (κ3) is 1.37. The molecule has 2 heterocycles. The zero-order valence-corrected chi connectivity index (χ0v) is 8.41. The number of hydrogen-bond acceptors (Lipinski definition) is 3. The van der Waals surface area contributed by atoms with Crippen LogP contribution in [0.3, 0.4) is 0 Å². The van der Waals surface area contributed by atoms with Crippen molar-refractivity contribution < 1.29 is 4.42 Å². The largest absolute Gasteiger partial charge is 0.417 e. The van der Waals surface area contributed by atoms with Gasteiger partial charge in [-0.15, -0.1) is 0 Å². The fourth-order valence-corrected chi connectivity index (χ4v) is 2.09. The van der Waals surface area contributed by atoms with Crippen molar-refractivity contribution in [3.63, 3.8) is 0 Å². The summed E-state index contributed by atoms with van der Waals surface area (Å²) in [6, 6.07) is 6.83. The molecule has 0 radical (unpaired) electrons. The Labute approximate surface area is 86.3 Å². The normalized spacial score (nSPS) is 25.4. The molecule has 0 aliphatic carbocycles. The van der Waals surface area contributed by atoms with Crippen LogP contribution < -0.4 is 11.1 Å². The van der Waals surface area contributed by atoms with E-state index in [0.717, 1.165) is 11.9 Å². The van der Waals surface area contributed by atoms with Gasteiger partial charge in [0.05, 0.1) is 5.52 Å². The summed E-state index contributed by atoms with van der Waals surface area (Å²) in [5, 5.41) is 3.41. The summed E-state index contributed by atoms with van der Waals surface area (Å²) in [7, 11) is 0. The highest BCUT2D eigenvalue weighted by Gasteiger charge is 2.25. The molecule has 2 aromatic rings. The molecule has 2 unspecified atom stereocenters. The molecule has 0 amide bonds. The molecular weight excluding hydrogens is 192 g/mol. The minimum Gasteiger partial charge on any atom is -0.408 e. The molecule has 2 N–H and O–H groups in total. The van der Waals surface area contributed by atoms with Crippen LogP contribution in [0, 0.1) is 0 Å². The van der Waals surface area contributed by atoms with Crippen LogP contribution in [0.4, 0.5) is 0 Å². The predicted octanol–water partition coefficient (Wildman–Crippen LogP) is 1.54. The number of hydrogen-bond donors (Lipinski definition) is 2. The molecule has 4 heteroatoms. The van der Waals surface area contributed by atoms with Crippen molar-refractivity contribution in [2.45, 2.75) is 25.4 Å². The predicted molar refractivity (Wildman–Crippen MR) is 56.8 cm³/mol. The van der Waals surface area contributed by atoms with Crippen molar-refractivity contribution in [2.75, 3.05) is 0 Å². The highest BCUT2D eigenvalue weighted by atomic mass is 16.4. The average molecular weight is 204 g/mol. The third-order valence-electron chi connectivity index (χ3n) is 2.92. The number of aromatic nitrogens is 1. The Balaban J connectivity index is 2.02. The quantitative estimate of drug-likeness (QED) is 0.740. The number of rotatable bonds is 1. The summed E-state index contributed by atoms with van der Waals surface area (Å²) in [5.41, 5.74) is 2.60. The van der Waals surface area contributed by atoms with Gasteiger partial charge in [0, 0.05) is 12.1 Å². The first-order valence-corrected chi connectivity index (χ1v) is 5.11. The fraction of sp³-hybridized carbons (Fsp3) is 0.364. The number of benzene rings is 1. The molecule has 1 aromatic carbocycles. The Morgan fingerprint density at radius 2 is 2.27 bits per heavy atom. The monoisotopic (exact) mass is 204 g/mol. The van der Waals surface area contributed by atoms with Crippen LogP contribution in [0.1, 0.15) is 24.9 Å². The number of aromatic amines is 1. The van der Waals surface area contributed by atoms with Crippen molar-refractivity contribution in [3.8, 4) is 0 Å². The molecule has 0 saturated carbocycles. The Morgan fingerprint density at radius 1 is 1.47 bits per heavy atom. The van der Waals surface area contributed by atoms with Gasteiger partial charge in [0.15, 0.2) is 5.58 Å². The van der Waals surface area contributed by atoms with Crippen LogP contribution in [0.25, 0.3) is 11.1 Å². The van der Waals surface area contributed by atoms with Crippen LogP contribution in [-0.4, -0.2) is 11.0 Å². The van der Waals surface area contributed by atoms with E-state index in [1.807, 2.05) is 18.2 Å². The molecule has 1 aliphatic heterocycles. The molecule has 78 valence electrons. The van der Waals surface area contributed by atoms with Gasteiger partial charge in [-0.2, -0.15) is 0 Å².